The van der Waals surface area contributed by atoms with E-state index in [4.69, 9.17) is 0 Å². The Morgan fingerprint density at radius 1 is 1.11 bits per heavy atom. The molecule has 1 heterocycles. The molecule has 1 aromatic carbocycles. The van der Waals surface area contributed by atoms with Crippen molar-refractivity contribution in [2.45, 2.75) is 27.3 Å². The van der Waals surface area contributed by atoms with Crippen LogP contribution in [0.25, 0.3) is 0 Å². The Morgan fingerprint density at radius 2 is 1.89 bits per heavy atom. The Labute approximate surface area is 117 Å². The minimum absolute atomic E-state index is 0.739. The first-order chi connectivity index (χ1) is 8.56. The molecule has 0 bridgehead atoms. The predicted molar refractivity (Wildman–Crippen MR) is 79.9 cm³/mol. The highest BCUT2D eigenvalue weighted by Crippen LogP contribution is 2.28. The summed E-state index contributed by atoms with van der Waals surface area (Å²) >= 11 is 3.60. The lowest BCUT2D eigenvalue weighted by Gasteiger charge is -2.12. The lowest BCUT2D eigenvalue weighted by molar-refractivity contribution is 1.03. The third kappa shape index (κ3) is 3.10. The number of hydrogen-bond donors (Lipinski definition) is 1. The van der Waals surface area contributed by atoms with Gasteiger partial charge in [0.15, 0.2) is 0 Å². The van der Waals surface area contributed by atoms with Gasteiger partial charge in [0.1, 0.15) is 0 Å². The molecule has 0 unspecified atom stereocenters. The maximum atomic E-state index is 4.39. The smallest absolute Gasteiger partial charge is 0.0594 e. The van der Waals surface area contributed by atoms with Crippen molar-refractivity contribution >= 4 is 21.6 Å². The molecule has 18 heavy (non-hydrogen) atoms. The zero-order chi connectivity index (χ0) is 13.1. The molecule has 2 nitrogen and oxygen atoms in total. The van der Waals surface area contributed by atoms with Crippen LogP contribution in [0.15, 0.2) is 34.9 Å². The molecule has 94 valence electrons. The molecule has 0 saturated carbocycles. The van der Waals surface area contributed by atoms with Crippen LogP contribution in [0.3, 0.4) is 0 Å². The number of rotatable bonds is 3. The second-order valence-electron chi connectivity index (χ2n) is 4.62. The molecule has 0 fully saturated rings. The van der Waals surface area contributed by atoms with Gasteiger partial charge in [-0.2, -0.15) is 0 Å². The molecule has 3 heteroatoms. The largest absolute Gasteiger partial charge is 0.378 e. The van der Waals surface area contributed by atoms with Crippen molar-refractivity contribution in [3.63, 3.8) is 0 Å². The van der Waals surface area contributed by atoms with Gasteiger partial charge in [0, 0.05) is 10.7 Å². The lowest BCUT2D eigenvalue weighted by Crippen LogP contribution is -2.04. The molecule has 0 saturated heterocycles. The number of hydrogen-bond acceptors (Lipinski definition) is 2. The summed E-state index contributed by atoms with van der Waals surface area (Å²) in [5, 5.41) is 3.43. The number of anilines is 1. The van der Waals surface area contributed by atoms with Crippen LogP contribution >= 0.6 is 15.9 Å². The number of nitrogens with zero attached hydrogens (tertiary/aromatic N) is 1. The van der Waals surface area contributed by atoms with Crippen molar-refractivity contribution in [3.8, 4) is 0 Å². The summed E-state index contributed by atoms with van der Waals surface area (Å²) in [5.74, 6) is 0. The maximum absolute atomic E-state index is 4.39. The predicted octanol–water partition coefficient (Wildman–Crippen LogP) is 4.38. The number of aryl methyl sites for hydroxylation is 3. The van der Waals surface area contributed by atoms with Crippen LogP contribution < -0.4 is 5.32 Å². The third-order valence-electron chi connectivity index (χ3n) is 2.85. The molecule has 0 atom stereocenters. The van der Waals surface area contributed by atoms with E-state index in [9.17, 15) is 0 Å². The summed E-state index contributed by atoms with van der Waals surface area (Å²) in [6.45, 7) is 7.00. The van der Waals surface area contributed by atoms with Gasteiger partial charge in [0.25, 0.3) is 0 Å². The zero-order valence-corrected chi connectivity index (χ0v) is 12.5. The Morgan fingerprint density at radius 3 is 2.50 bits per heavy atom. The van der Waals surface area contributed by atoms with Crippen LogP contribution in [-0.4, -0.2) is 4.98 Å². The fourth-order valence-corrected chi connectivity index (χ4v) is 2.74. The van der Waals surface area contributed by atoms with Crippen molar-refractivity contribution in [1.82, 2.24) is 4.98 Å². The van der Waals surface area contributed by atoms with Gasteiger partial charge in [-0.15, -0.1) is 0 Å². The molecule has 1 N–H and O–H groups in total. The van der Waals surface area contributed by atoms with Crippen LogP contribution in [0.2, 0.25) is 0 Å². The van der Waals surface area contributed by atoms with Gasteiger partial charge in [-0.05, 0) is 65.5 Å². The fraction of sp³-hybridized carbons (Fsp3) is 0.267. The third-order valence-corrected chi connectivity index (χ3v) is 3.48. The van der Waals surface area contributed by atoms with Crippen LogP contribution in [0.5, 0.6) is 0 Å². The highest BCUT2D eigenvalue weighted by molar-refractivity contribution is 9.10. The molecule has 2 rings (SSSR count). The Hall–Kier alpha value is -1.35. The molecule has 0 amide bonds. The summed E-state index contributed by atoms with van der Waals surface area (Å²) in [6.07, 6.45) is 1.90. The first-order valence-electron chi connectivity index (χ1n) is 5.98. The molecule has 0 aliphatic heterocycles. The Bertz CT molecular complexity index is 524. The SMILES string of the molecule is Cc1ccc(CNc2c(C)cc(C)cc2Br)nc1. The van der Waals surface area contributed by atoms with E-state index < -0.39 is 0 Å². The molecular formula is C15H17BrN2. The van der Waals surface area contributed by atoms with E-state index in [0.717, 1.165) is 22.4 Å². The van der Waals surface area contributed by atoms with Crippen LogP contribution in [0.1, 0.15) is 22.4 Å². The van der Waals surface area contributed by atoms with Gasteiger partial charge in [-0.25, -0.2) is 0 Å². The number of pyridine rings is 1. The van der Waals surface area contributed by atoms with E-state index in [1.807, 2.05) is 13.1 Å². The summed E-state index contributed by atoms with van der Waals surface area (Å²) in [5.41, 5.74) is 5.88. The van der Waals surface area contributed by atoms with E-state index in [0.29, 0.717) is 0 Å². The van der Waals surface area contributed by atoms with Gasteiger partial charge in [0.05, 0.1) is 17.9 Å². The second-order valence-corrected chi connectivity index (χ2v) is 5.47. The molecular weight excluding hydrogens is 288 g/mol. The van der Waals surface area contributed by atoms with Crippen LogP contribution in [0, 0.1) is 20.8 Å². The zero-order valence-electron chi connectivity index (χ0n) is 10.9. The Balaban J connectivity index is 2.13. The molecule has 2 aromatic rings. The quantitative estimate of drug-likeness (QED) is 0.910. The number of halogens is 1. The molecule has 1 aromatic heterocycles. The average molecular weight is 305 g/mol. The topological polar surface area (TPSA) is 24.9 Å². The van der Waals surface area contributed by atoms with E-state index in [1.165, 1.54) is 16.7 Å². The molecule has 0 aliphatic carbocycles. The summed E-state index contributed by atoms with van der Waals surface area (Å²) in [4.78, 5) is 4.39. The van der Waals surface area contributed by atoms with Gasteiger partial charge in [-0.1, -0.05) is 12.1 Å². The van der Waals surface area contributed by atoms with E-state index in [2.05, 4.69) is 64.3 Å². The lowest BCUT2D eigenvalue weighted by atomic mass is 10.1. The van der Waals surface area contributed by atoms with Gasteiger partial charge in [0.2, 0.25) is 0 Å². The van der Waals surface area contributed by atoms with Crippen molar-refractivity contribution in [1.29, 1.82) is 0 Å². The summed E-state index contributed by atoms with van der Waals surface area (Å²) in [7, 11) is 0. The summed E-state index contributed by atoms with van der Waals surface area (Å²) < 4.78 is 1.10. The number of benzene rings is 1. The number of nitrogens with one attached hydrogen (secondary N) is 1. The molecule has 0 spiro atoms. The minimum Gasteiger partial charge on any atom is -0.378 e. The normalized spacial score (nSPS) is 10.4. The standard InChI is InChI=1S/C15H17BrN2/c1-10-4-5-13(17-8-10)9-18-15-12(3)6-11(2)7-14(15)16/h4-8,18H,9H2,1-3H3. The van der Waals surface area contributed by atoms with Crippen LogP contribution in [0.4, 0.5) is 5.69 Å². The van der Waals surface area contributed by atoms with Gasteiger partial charge < -0.3 is 5.32 Å². The number of aromatic nitrogens is 1. The van der Waals surface area contributed by atoms with Gasteiger partial charge in [-0.3, -0.25) is 4.98 Å². The van der Waals surface area contributed by atoms with E-state index >= 15 is 0 Å². The van der Waals surface area contributed by atoms with Crippen molar-refractivity contribution in [2.24, 2.45) is 0 Å². The summed E-state index contributed by atoms with van der Waals surface area (Å²) in [6, 6.07) is 8.44. The monoisotopic (exact) mass is 304 g/mol. The van der Waals surface area contributed by atoms with Crippen molar-refractivity contribution in [3.05, 3.63) is 57.3 Å². The van der Waals surface area contributed by atoms with E-state index in [-0.39, 0.29) is 0 Å². The molecule has 0 aliphatic rings. The first kappa shape index (κ1) is 13.1. The van der Waals surface area contributed by atoms with Crippen molar-refractivity contribution in [2.75, 3.05) is 5.32 Å². The average Bonchev–Trinajstić information content (AvgIpc) is 2.30. The highest BCUT2D eigenvalue weighted by Gasteiger charge is 2.04. The van der Waals surface area contributed by atoms with E-state index in [1.54, 1.807) is 0 Å². The fourth-order valence-electron chi connectivity index (χ4n) is 1.92. The van der Waals surface area contributed by atoms with Gasteiger partial charge >= 0.3 is 0 Å². The second kappa shape index (κ2) is 5.53. The first-order valence-corrected chi connectivity index (χ1v) is 6.77. The van der Waals surface area contributed by atoms with Crippen molar-refractivity contribution < 1.29 is 0 Å². The Kier molecular flexibility index (Phi) is 4.02. The molecule has 0 radical (unpaired) electrons. The maximum Gasteiger partial charge on any atom is 0.0594 e. The van der Waals surface area contributed by atoms with Crippen LogP contribution in [-0.2, 0) is 6.54 Å². The highest BCUT2D eigenvalue weighted by atomic mass is 79.9. The minimum atomic E-state index is 0.739.